The Morgan fingerprint density at radius 1 is 1.23 bits per heavy atom. The SMILES string of the molecule is Cc1ccc(NC(=O)CNCCc2cccc(Cl)c2)c(Br)c1. The van der Waals surface area contributed by atoms with Crippen molar-refractivity contribution in [3.63, 3.8) is 0 Å². The second-order valence-electron chi connectivity index (χ2n) is 5.09. The van der Waals surface area contributed by atoms with Crippen molar-refractivity contribution >= 4 is 39.1 Å². The van der Waals surface area contributed by atoms with Gasteiger partial charge in [-0.05, 0) is 71.2 Å². The number of nitrogens with one attached hydrogen (secondary N) is 2. The summed E-state index contributed by atoms with van der Waals surface area (Å²) in [6, 6.07) is 13.6. The molecule has 0 fully saturated rings. The number of hydrogen-bond donors (Lipinski definition) is 2. The number of halogens is 2. The van der Waals surface area contributed by atoms with Gasteiger partial charge in [0.1, 0.15) is 0 Å². The summed E-state index contributed by atoms with van der Waals surface area (Å²) in [7, 11) is 0. The molecule has 5 heteroatoms. The molecule has 3 nitrogen and oxygen atoms in total. The van der Waals surface area contributed by atoms with Crippen LogP contribution < -0.4 is 10.6 Å². The van der Waals surface area contributed by atoms with Crippen LogP contribution in [0.4, 0.5) is 5.69 Å². The highest BCUT2D eigenvalue weighted by molar-refractivity contribution is 9.10. The Balaban J connectivity index is 1.74. The Bertz CT molecular complexity index is 661. The van der Waals surface area contributed by atoms with Crippen LogP contribution in [-0.4, -0.2) is 19.0 Å². The van der Waals surface area contributed by atoms with Gasteiger partial charge in [-0.15, -0.1) is 0 Å². The van der Waals surface area contributed by atoms with Crippen LogP contribution in [0.25, 0.3) is 0 Å². The Hall–Kier alpha value is -1.36. The number of carbonyl (C=O) groups is 1. The smallest absolute Gasteiger partial charge is 0.238 e. The third kappa shape index (κ3) is 5.44. The molecule has 0 bridgehead atoms. The first-order valence-corrected chi connectivity index (χ1v) is 8.23. The van der Waals surface area contributed by atoms with Gasteiger partial charge in [0.25, 0.3) is 0 Å². The van der Waals surface area contributed by atoms with Gasteiger partial charge in [0.15, 0.2) is 0 Å². The van der Waals surface area contributed by atoms with E-state index in [0.717, 1.165) is 39.3 Å². The number of rotatable bonds is 6. The molecule has 2 aromatic rings. The maximum Gasteiger partial charge on any atom is 0.238 e. The van der Waals surface area contributed by atoms with Crippen LogP contribution in [0.3, 0.4) is 0 Å². The summed E-state index contributed by atoms with van der Waals surface area (Å²) in [4.78, 5) is 11.9. The third-order valence-corrected chi connectivity index (χ3v) is 4.05. The van der Waals surface area contributed by atoms with Gasteiger partial charge in [-0.1, -0.05) is 29.8 Å². The predicted octanol–water partition coefficient (Wildman–Crippen LogP) is 4.18. The maximum absolute atomic E-state index is 11.9. The molecule has 0 saturated carbocycles. The molecule has 0 saturated heterocycles. The van der Waals surface area contributed by atoms with Crippen molar-refractivity contribution in [3.05, 3.63) is 63.1 Å². The number of aryl methyl sites for hydroxylation is 1. The second kappa shape index (κ2) is 8.32. The van der Waals surface area contributed by atoms with E-state index in [-0.39, 0.29) is 12.5 Å². The molecule has 0 atom stereocenters. The molecule has 0 radical (unpaired) electrons. The zero-order chi connectivity index (χ0) is 15.9. The highest BCUT2D eigenvalue weighted by atomic mass is 79.9. The van der Waals surface area contributed by atoms with Crippen LogP contribution in [0.15, 0.2) is 46.9 Å². The van der Waals surface area contributed by atoms with E-state index in [4.69, 9.17) is 11.6 Å². The second-order valence-corrected chi connectivity index (χ2v) is 6.38. The fraction of sp³-hybridized carbons (Fsp3) is 0.235. The summed E-state index contributed by atoms with van der Waals surface area (Å²) in [5, 5.41) is 6.75. The Labute approximate surface area is 144 Å². The summed E-state index contributed by atoms with van der Waals surface area (Å²) < 4.78 is 0.889. The fourth-order valence-corrected chi connectivity index (χ4v) is 2.85. The minimum Gasteiger partial charge on any atom is -0.324 e. The fourth-order valence-electron chi connectivity index (χ4n) is 2.04. The molecule has 2 N–H and O–H groups in total. The van der Waals surface area contributed by atoms with E-state index in [0.29, 0.717) is 0 Å². The molecule has 0 aliphatic heterocycles. The van der Waals surface area contributed by atoms with E-state index in [9.17, 15) is 4.79 Å². The zero-order valence-corrected chi connectivity index (χ0v) is 14.7. The Morgan fingerprint density at radius 3 is 2.77 bits per heavy atom. The van der Waals surface area contributed by atoms with Gasteiger partial charge in [-0.3, -0.25) is 4.79 Å². The van der Waals surface area contributed by atoms with Crippen molar-refractivity contribution in [2.75, 3.05) is 18.4 Å². The lowest BCUT2D eigenvalue weighted by molar-refractivity contribution is -0.115. The average molecular weight is 382 g/mol. The first kappa shape index (κ1) is 17.0. The van der Waals surface area contributed by atoms with Crippen LogP contribution in [0.2, 0.25) is 5.02 Å². The Morgan fingerprint density at radius 2 is 2.05 bits per heavy atom. The molecule has 0 spiro atoms. The molecular weight excluding hydrogens is 364 g/mol. The summed E-state index contributed by atoms with van der Waals surface area (Å²) >= 11 is 9.38. The summed E-state index contributed by atoms with van der Waals surface area (Å²) in [5.74, 6) is -0.0596. The molecule has 0 aromatic heterocycles. The molecule has 0 unspecified atom stereocenters. The summed E-state index contributed by atoms with van der Waals surface area (Å²) in [6.07, 6.45) is 0.835. The number of hydrogen-bond acceptors (Lipinski definition) is 2. The standard InChI is InChI=1S/C17H18BrClN2O/c1-12-5-6-16(15(18)9-12)21-17(22)11-20-8-7-13-3-2-4-14(19)10-13/h2-6,9-10,20H,7-8,11H2,1H3,(H,21,22). The Kier molecular flexibility index (Phi) is 6.43. The van der Waals surface area contributed by atoms with Gasteiger partial charge in [0, 0.05) is 9.50 Å². The first-order chi connectivity index (χ1) is 10.5. The molecule has 0 aliphatic carbocycles. The normalized spacial score (nSPS) is 10.5. The molecule has 0 aliphatic rings. The molecule has 22 heavy (non-hydrogen) atoms. The van der Waals surface area contributed by atoms with Gasteiger partial charge < -0.3 is 10.6 Å². The largest absolute Gasteiger partial charge is 0.324 e. The van der Waals surface area contributed by atoms with E-state index < -0.39 is 0 Å². The zero-order valence-electron chi connectivity index (χ0n) is 12.3. The van der Waals surface area contributed by atoms with Crippen LogP contribution in [0.5, 0.6) is 0 Å². The van der Waals surface area contributed by atoms with Gasteiger partial charge in [0.05, 0.1) is 12.2 Å². The molecular formula is C17H18BrClN2O. The number of benzene rings is 2. The lowest BCUT2D eigenvalue weighted by Crippen LogP contribution is -2.29. The van der Waals surface area contributed by atoms with Gasteiger partial charge in [-0.2, -0.15) is 0 Å². The monoisotopic (exact) mass is 380 g/mol. The minimum absolute atomic E-state index is 0.0596. The lowest BCUT2D eigenvalue weighted by Gasteiger charge is -2.09. The summed E-state index contributed by atoms with van der Waals surface area (Å²) in [6.45, 7) is 3.01. The molecule has 2 rings (SSSR count). The van der Waals surface area contributed by atoms with Gasteiger partial charge in [-0.25, -0.2) is 0 Å². The van der Waals surface area contributed by atoms with Crippen molar-refractivity contribution in [2.45, 2.75) is 13.3 Å². The van der Waals surface area contributed by atoms with E-state index in [1.165, 1.54) is 0 Å². The van der Waals surface area contributed by atoms with Crippen LogP contribution in [0.1, 0.15) is 11.1 Å². The van der Waals surface area contributed by atoms with Crippen LogP contribution in [-0.2, 0) is 11.2 Å². The average Bonchev–Trinajstić information content (AvgIpc) is 2.47. The van der Waals surface area contributed by atoms with Crippen molar-refractivity contribution in [1.29, 1.82) is 0 Å². The molecule has 1 amide bonds. The van der Waals surface area contributed by atoms with Gasteiger partial charge in [0.2, 0.25) is 5.91 Å². The lowest BCUT2D eigenvalue weighted by atomic mass is 10.1. The highest BCUT2D eigenvalue weighted by Gasteiger charge is 2.05. The first-order valence-electron chi connectivity index (χ1n) is 7.06. The van der Waals surface area contributed by atoms with Crippen molar-refractivity contribution in [1.82, 2.24) is 5.32 Å². The number of amides is 1. The minimum atomic E-state index is -0.0596. The maximum atomic E-state index is 11.9. The third-order valence-electron chi connectivity index (χ3n) is 3.16. The van der Waals surface area contributed by atoms with Crippen molar-refractivity contribution in [3.8, 4) is 0 Å². The van der Waals surface area contributed by atoms with E-state index in [2.05, 4.69) is 26.6 Å². The molecule has 0 heterocycles. The van der Waals surface area contributed by atoms with E-state index >= 15 is 0 Å². The number of carbonyl (C=O) groups excluding carboxylic acids is 1. The van der Waals surface area contributed by atoms with E-state index in [1.54, 1.807) is 0 Å². The molecule has 2 aromatic carbocycles. The topological polar surface area (TPSA) is 41.1 Å². The molecule has 116 valence electrons. The van der Waals surface area contributed by atoms with Crippen LogP contribution >= 0.6 is 27.5 Å². The summed E-state index contributed by atoms with van der Waals surface area (Å²) in [5.41, 5.74) is 3.08. The van der Waals surface area contributed by atoms with Gasteiger partial charge >= 0.3 is 0 Å². The van der Waals surface area contributed by atoms with Crippen LogP contribution in [0, 0.1) is 6.92 Å². The highest BCUT2D eigenvalue weighted by Crippen LogP contribution is 2.23. The predicted molar refractivity (Wildman–Crippen MR) is 95.5 cm³/mol. The quantitative estimate of drug-likeness (QED) is 0.737. The van der Waals surface area contributed by atoms with Crippen molar-refractivity contribution < 1.29 is 4.79 Å². The number of anilines is 1. The van der Waals surface area contributed by atoms with E-state index in [1.807, 2.05) is 49.4 Å². The van der Waals surface area contributed by atoms with Crippen molar-refractivity contribution in [2.24, 2.45) is 0 Å².